The van der Waals surface area contributed by atoms with Crippen molar-refractivity contribution in [2.45, 2.75) is 39.7 Å². The Morgan fingerprint density at radius 3 is 1.53 bits per heavy atom. The van der Waals surface area contributed by atoms with Crippen LogP contribution in [0.1, 0.15) is 33.6 Å². The van der Waals surface area contributed by atoms with Crippen molar-refractivity contribution in [2.75, 3.05) is 5.32 Å². The molecular weight excluding hydrogens is 265 g/mol. The summed E-state index contributed by atoms with van der Waals surface area (Å²) in [6.45, 7) is 5.44. The SMILES string of the molecule is CCC(CC)C(C)Nc1c(F)c(F)c(F)c(F)c1F. The van der Waals surface area contributed by atoms with Gasteiger partial charge in [-0.15, -0.1) is 0 Å². The monoisotopic (exact) mass is 281 g/mol. The van der Waals surface area contributed by atoms with Gasteiger partial charge in [0, 0.05) is 6.04 Å². The highest BCUT2D eigenvalue weighted by Crippen LogP contribution is 2.29. The van der Waals surface area contributed by atoms with Crippen molar-refractivity contribution < 1.29 is 22.0 Å². The highest BCUT2D eigenvalue weighted by Gasteiger charge is 2.27. The molecule has 0 radical (unpaired) electrons. The van der Waals surface area contributed by atoms with Crippen molar-refractivity contribution in [3.63, 3.8) is 0 Å². The van der Waals surface area contributed by atoms with Crippen LogP contribution in [0.4, 0.5) is 27.6 Å². The Balaban J connectivity index is 3.15. The second-order valence-electron chi connectivity index (χ2n) is 4.45. The lowest BCUT2D eigenvalue weighted by Gasteiger charge is -2.24. The zero-order valence-corrected chi connectivity index (χ0v) is 11.0. The summed E-state index contributed by atoms with van der Waals surface area (Å²) in [5, 5.41) is 2.39. The lowest BCUT2D eigenvalue weighted by atomic mass is 9.95. The maximum absolute atomic E-state index is 13.5. The van der Waals surface area contributed by atoms with Gasteiger partial charge in [-0.1, -0.05) is 26.7 Å². The molecule has 19 heavy (non-hydrogen) atoms. The molecule has 0 aliphatic heterocycles. The molecule has 0 spiro atoms. The maximum atomic E-state index is 13.5. The summed E-state index contributed by atoms with van der Waals surface area (Å²) in [5.74, 6) is -9.58. The number of nitrogens with one attached hydrogen (secondary N) is 1. The van der Waals surface area contributed by atoms with Gasteiger partial charge < -0.3 is 5.32 Å². The van der Waals surface area contributed by atoms with Crippen molar-refractivity contribution >= 4 is 5.69 Å². The van der Waals surface area contributed by atoms with Crippen molar-refractivity contribution in [1.82, 2.24) is 0 Å². The fourth-order valence-corrected chi connectivity index (χ4v) is 2.07. The number of hydrogen-bond donors (Lipinski definition) is 1. The number of benzene rings is 1. The fourth-order valence-electron chi connectivity index (χ4n) is 2.07. The quantitative estimate of drug-likeness (QED) is 0.472. The number of halogens is 5. The summed E-state index contributed by atoms with van der Waals surface area (Å²) < 4.78 is 65.8. The van der Waals surface area contributed by atoms with Gasteiger partial charge >= 0.3 is 0 Å². The van der Waals surface area contributed by atoms with Crippen LogP contribution >= 0.6 is 0 Å². The minimum absolute atomic E-state index is 0.0787. The standard InChI is InChI=1S/C13H16F5N/c1-4-7(5-2)6(3)19-13-11(17)9(15)8(14)10(16)12(13)18/h6-7,19H,4-5H2,1-3H3. The average Bonchev–Trinajstić information content (AvgIpc) is 2.40. The Bertz CT molecular complexity index is 428. The van der Waals surface area contributed by atoms with E-state index in [4.69, 9.17) is 0 Å². The van der Waals surface area contributed by atoms with E-state index in [0.717, 1.165) is 12.8 Å². The molecule has 0 bridgehead atoms. The molecule has 1 aromatic rings. The van der Waals surface area contributed by atoms with E-state index in [1.165, 1.54) is 0 Å². The molecule has 1 rings (SSSR count). The number of hydrogen-bond acceptors (Lipinski definition) is 1. The molecular formula is C13H16F5N. The molecule has 0 heterocycles. The van der Waals surface area contributed by atoms with Crippen LogP contribution in [0, 0.1) is 35.0 Å². The first-order chi connectivity index (χ1) is 8.84. The Kier molecular flexibility index (Phi) is 5.14. The number of rotatable bonds is 5. The lowest BCUT2D eigenvalue weighted by Crippen LogP contribution is -2.27. The summed E-state index contributed by atoms with van der Waals surface area (Å²) in [6.07, 6.45) is 1.47. The Labute approximate surface area is 108 Å². The van der Waals surface area contributed by atoms with Gasteiger partial charge in [0.15, 0.2) is 23.3 Å². The molecule has 0 saturated heterocycles. The van der Waals surface area contributed by atoms with Gasteiger partial charge in [-0.3, -0.25) is 0 Å². The van der Waals surface area contributed by atoms with E-state index in [2.05, 4.69) is 5.32 Å². The maximum Gasteiger partial charge on any atom is 0.200 e. The Morgan fingerprint density at radius 2 is 1.16 bits per heavy atom. The summed E-state index contributed by atoms with van der Waals surface area (Å²) in [4.78, 5) is 0. The third-order valence-electron chi connectivity index (χ3n) is 3.34. The zero-order valence-electron chi connectivity index (χ0n) is 11.0. The van der Waals surface area contributed by atoms with Crippen LogP contribution in [-0.4, -0.2) is 6.04 Å². The molecule has 0 amide bonds. The van der Waals surface area contributed by atoms with Gasteiger partial charge in [0.1, 0.15) is 5.69 Å². The van der Waals surface area contributed by atoms with Gasteiger partial charge in [0.25, 0.3) is 0 Å². The van der Waals surface area contributed by atoms with Crippen molar-refractivity contribution in [2.24, 2.45) is 5.92 Å². The van der Waals surface area contributed by atoms with Crippen LogP contribution < -0.4 is 5.32 Å². The molecule has 1 atom stereocenters. The van der Waals surface area contributed by atoms with Crippen LogP contribution in [0.3, 0.4) is 0 Å². The third kappa shape index (κ3) is 2.98. The van der Waals surface area contributed by atoms with E-state index in [9.17, 15) is 22.0 Å². The lowest BCUT2D eigenvalue weighted by molar-refractivity contribution is 0.377. The normalized spacial score (nSPS) is 12.9. The first-order valence-electron chi connectivity index (χ1n) is 6.12. The van der Waals surface area contributed by atoms with E-state index < -0.39 is 40.8 Å². The zero-order chi connectivity index (χ0) is 14.7. The van der Waals surface area contributed by atoms with Crippen LogP contribution in [-0.2, 0) is 0 Å². The first kappa shape index (κ1) is 15.7. The minimum Gasteiger partial charge on any atom is -0.377 e. The van der Waals surface area contributed by atoms with Crippen molar-refractivity contribution in [3.05, 3.63) is 29.1 Å². The van der Waals surface area contributed by atoms with Crippen LogP contribution in [0.2, 0.25) is 0 Å². The second-order valence-corrected chi connectivity index (χ2v) is 4.45. The molecule has 108 valence electrons. The predicted octanol–water partition coefficient (Wildman–Crippen LogP) is 4.62. The molecule has 0 aliphatic rings. The van der Waals surface area contributed by atoms with Gasteiger partial charge in [0.2, 0.25) is 5.82 Å². The van der Waals surface area contributed by atoms with Crippen molar-refractivity contribution in [3.8, 4) is 0 Å². The third-order valence-corrected chi connectivity index (χ3v) is 3.34. The highest BCUT2D eigenvalue weighted by atomic mass is 19.2. The predicted molar refractivity (Wildman–Crippen MR) is 63.4 cm³/mol. The van der Waals surface area contributed by atoms with E-state index in [1.807, 2.05) is 13.8 Å². The van der Waals surface area contributed by atoms with E-state index in [1.54, 1.807) is 6.92 Å². The summed E-state index contributed by atoms with van der Waals surface area (Å²) >= 11 is 0. The van der Waals surface area contributed by atoms with Gasteiger partial charge in [-0.2, -0.15) is 0 Å². The molecule has 0 fully saturated rings. The Hall–Kier alpha value is -1.33. The molecule has 1 unspecified atom stereocenters. The molecule has 1 N–H and O–H groups in total. The molecule has 0 saturated carbocycles. The molecule has 1 aromatic carbocycles. The smallest absolute Gasteiger partial charge is 0.200 e. The van der Waals surface area contributed by atoms with E-state index in [-0.39, 0.29) is 5.92 Å². The second kappa shape index (κ2) is 6.21. The van der Waals surface area contributed by atoms with Crippen LogP contribution in [0.25, 0.3) is 0 Å². The molecule has 0 aromatic heterocycles. The van der Waals surface area contributed by atoms with E-state index in [0.29, 0.717) is 0 Å². The molecule has 6 heteroatoms. The minimum atomic E-state index is -2.14. The summed E-state index contributed by atoms with van der Waals surface area (Å²) in [5.41, 5.74) is -0.962. The number of anilines is 1. The van der Waals surface area contributed by atoms with Crippen molar-refractivity contribution in [1.29, 1.82) is 0 Å². The average molecular weight is 281 g/mol. The first-order valence-corrected chi connectivity index (χ1v) is 6.12. The Morgan fingerprint density at radius 1 is 0.789 bits per heavy atom. The molecule has 0 aliphatic carbocycles. The largest absolute Gasteiger partial charge is 0.377 e. The highest BCUT2D eigenvalue weighted by molar-refractivity contribution is 5.48. The van der Waals surface area contributed by atoms with Gasteiger partial charge in [-0.05, 0) is 12.8 Å². The topological polar surface area (TPSA) is 12.0 Å². The van der Waals surface area contributed by atoms with E-state index >= 15 is 0 Å². The van der Waals surface area contributed by atoms with Gasteiger partial charge in [0.05, 0.1) is 0 Å². The summed E-state index contributed by atoms with van der Waals surface area (Å²) in [7, 11) is 0. The summed E-state index contributed by atoms with van der Waals surface area (Å²) in [6, 6.07) is -0.400. The van der Waals surface area contributed by atoms with Gasteiger partial charge in [-0.25, -0.2) is 22.0 Å². The van der Waals surface area contributed by atoms with Crippen LogP contribution in [0.5, 0.6) is 0 Å². The van der Waals surface area contributed by atoms with Crippen LogP contribution in [0.15, 0.2) is 0 Å². The molecule has 1 nitrogen and oxygen atoms in total. The fraction of sp³-hybridized carbons (Fsp3) is 0.538.